The van der Waals surface area contributed by atoms with E-state index < -0.39 is 5.60 Å². The Morgan fingerprint density at radius 1 is 1.26 bits per heavy atom. The summed E-state index contributed by atoms with van der Waals surface area (Å²) < 4.78 is 6.71. The molecular formula is C20H20BrClN2O3. The van der Waals surface area contributed by atoms with Gasteiger partial charge in [0.2, 0.25) is 5.91 Å². The standard InChI is InChI=1S/C20H20BrClN2O3/c1-12-4-6-14(11-15(12)21)23-18(25)8-9-24-16-10-13(22)5-7-17(16)27-20(2,3)19(24)26/h4-7,10-11H,8-9H2,1-3H3,(H,23,25). The molecule has 0 radical (unpaired) electrons. The van der Waals surface area contributed by atoms with Crippen LogP contribution in [0.4, 0.5) is 11.4 Å². The summed E-state index contributed by atoms with van der Waals surface area (Å²) in [5.74, 6) is 0.196. The Morgan fingerprint density at radius 3 is 2.70 bits per heavy atom. The molecule has 5 nitrogen and oxygen atoms in total. The van der Waals surface area contributed by atoms with Crippen LogP contribution < -0.4 is 15.0 Å². The SMILES string of the molecule is Cc1ccc(NC(=O)CCN2C(=O)C(C)(C)Oc3ccc(Cl)cc32)cc1Br. The normalized spacial score (nSPS) is 15.1. The molecule has 27 heavy (non-hydrogen) atoms. The molecule has 2 amide bonds. The summed E-state index contributed by atoms with van der Waals surface area (Å²) in [6.45, 7) is 5.63. The summed E-state index contributed by atoms with van der Waals surface area (Å²) in [6.07, 6.45) is 0.152. The first-order valence-electron chi connectivity index (χ1n) is 8.54. The Hall–Kier alpha value is -2.05. The van der Waals surface area contributed by atoms with E-state index in [1.54, 1.807) is 36.9 Å². The number of fused-ring (bicyclic) bond motifs is 1. The number of rotatable bonds is 4. The number of nitrogens with zero attached hydrogens (tertiary/aromatic N) is 1. The average molecular weight is 452 g/mol. The zero-order valence-corrected chi connectivity index (χ0v) is 17.6. The molecule has 1 N–H and O–H groups in total. The zero-order valence-electron chi connectivity index (χ0n) is 15.3. The molecule has 3 rings (SSSR count). The van der Waals surface area contributed by atoms with Crippen LogP contribution in [-0.4, -0.2) is 24.0 Å². The second-order valence-electron chi connectivity index (χ2n) is 6.94. The number of anilines is 2. The first kappa shape index (κ1) is 19.7. The molecule has 0 fully saturated rings. The summed E-state index contributed by atoms with van der Waals surface area (Å²) >= 11 is 9.53. The van der Waals surface area contributed by atoms with E-state index in [0.29, 0.717) is 22.1 Å². The third-order valence-electron chi connectivity index (χ3n) is 4.36. The Labute approximate surface area is 171 Å². The molecule has 2 aromatic rings. The van der Waals surface area contributed by atoms with Crippen LogP contribution in [0.2, 0.25) is 5.02 Å². The molecule has 0 saturated carbocycles. The topological polar surface area (TPSA) is 58.6 Å². The second kappa shape index (κ2) is 7.52. The van der Waals surface area contributed by atoms with Gasteiger partial charge in [-0.1, -0.05) is 33.6 Å². The van der Waals surface area contributed by atoms with Gasteiger partial charge >= 0.3 is 0 Å². The molecule has 0 bridgehead atoms. The van der Waals surface area contributed by atoms with Crippen LogP contribution in [-0.2, 0) is 9.59 Å². The number of aryl methyl sites for hydroxylation is 1. The molecule has 1 aliphatic heterocycles. The molecule has 0 saturated heterocycles. The van der Waals surface area contributed by atoms with Gasteiger partial charge in [-0.25, -0.2) is 0 Å². The van der Waals surface area contributed by atoms with Crippen molar-refractivity contribution >= 4 is 50.7 Å². The maximum absolute atomic E-state index is 12.8. The summed E-state index contributed by atoms with van der Waals surface area (Å²) in [5.41, 5.74) is 1.37. The number of ether oxygens (including phenoxy) is 1. The van der Waals surface area contributed by atoms with Crippen molar-refractivity contribution in [1.29, 1.82) is 0 Å². The van der Waals surface area contributed by atoms with Gasteiger partial charge in [-0.2, -0.15) is 0 Å². The average Bonchev–Trinajstić information content (AvgIpc) is 2.59. The Bertz CT molecular complexity index is 914. The van der Waals surface area contributed by atoms with E-state index in [2.05, 4.69) is 21.2 Å². The molecule has 142 valence electrons. The van der Waals surface area contributed by atoms with E-state index in [4.69, 9.17) is 16.3 Å². The van der Waals surface area contributed by atoms with Crippen LogP contribution in [0.1, 0.15) is 25.8 Å². The Kier molecular flexibility index (Phi) is 5.49. The number of amides is 2. The number of carbonyl (C=O) groups excluding carboxylic acids is 2. The van der Waals surface area contributed by atoms with Gasteiger partial charge in [-0.15, -0.1) is 0 Å². The smallest absolute Gasteiger partial charge is 0.270 e. The minimum Gasteiger partial charge on any atom is -0.476 e. The van der Waals surface area contributed by atoms with Crippen LogP contribution in [0.5, 0.6) is 5.75 Å². The van der Waals surface area contributed by atoms with Crippen molar-refractivity contribution in [2.24, 2.45) is 0 Å². The number of hydrogen-bond donors (Lipinski definition) is 1. The monoisotopic (exact) mass is 450 g/mol. The van der Waals surface area contributed by atoms with Crippen molar-refractivity contribution in [2.45, 2.75) is 32.8 Å². The molecule has 2 aromatic carbocycles. The molecule has 1 heterocycles. The molecule has 0 aromatic heterocycles. The van der Waals surface area contributed by atoms with Crippen molar-refractivity contribution in [3.8, 4) is 5.75 Å². The van der Waals surface area contributed by atoms with E-state index in [1.807, 2.05) is 25.1 Å². The highest BCUT2D eigenvalue weighted by Crippen LogP contribution is 2.39. The fraction of sp³-hybridized carbons (Fsp3) is 0.300. The molecular weight excluding hydrogens is 432 g/mol. The van der Waals surface area contributed by atoms with Gasteiger partial charge in [-0.05, 0) is 56.7 Å². The van der Waals surface area contributed by atoms with Gasteiger partial charge in [-0.3, -0.25) is 9.59 Å². The van der Waals surface area contributed by atoms with Crippen LogP contribution in [0.25, 0.3) is 0 Å². The van der Waals surface area contributed by atoms with E-state index >= 15 is 0 Å². The maximum atomic E-state index is 12.8. The first-order chi connectivity index (χ1) is 12.7. The molecule has 0 spiro atoms. The summed E-state index contributed by atoms with van der Waals surface area (Å²) in [7, 11) is 0. The number of halogens is 2. The van der Waals surface area contributed by atoms with Gasteiger partial charge in [0.25, 0.3) is 5.91 Å². The fourth-order valence-corrected chi connectivity index (χ4v) is 3.42. The van der Waals surface area contributed by atoms with Crippen molar-refractivity contribution in [3.63, 3.8) is 0 Å². The van der Waals surface area contributed by atoms with Gasteiger partial charge in [0, 0.05) is 28.1 Å². The number of nitrogens with one attached hydrogen (secondary N) is 1. The Balaban J connectivity index is 1.74. The lowest BCUT2D eigenvalue weighted by Gasteiger charge is -2.38. The van der Waals surface area contributed by atoms with Crippen LogP contribution in [0.15, 0.2) is 40.9 Å². The highest BCUT2D eigenvalue weighted by Gasteiger charge is 2.40. The lowest BCUT2D eigenvalue weighted by atomic mass is 10.0. The van der Waals surface area contributed by atoms with Gasteiger partial charge in [0.05, 0.1) is 5.69 Å². The van der Waals surface area contributed by atoms with E-state index in [1.165, 1.54) is 0 Å². The van der Waals surface area contributed by atoms with Crippen molar-refractivity contribution < 1.29 is 14.3 Å². The summed E-state index contributed by atoms with van der Waals surface area (Å²) in [5, 5.41) is 3.36. The van der Waals surface area contributed by atoms with Gasteiger partial charge in [0.15, 0.2) is 5.60 Å². The molecule has 0 aliphatic carbocycles. The number of hydrogen-bond acceptors (Lipinski definition) is 3. The molecule has 7 heteroatoms. The maximum Gasteiger partial charge on any atom is 0.270 e. The zero-order chi connectivity index (χ0) is 19.8. The largest absolute Gasteiger partial charge is 0.476 e. The molecule has 0 unspecified atom stereocenters. The van der Waals surface area contributed by atoms with Crippen LogP contribution in [0, 0.1) is 6.92 Å². The van der Waals surface area contributed by atoms with Crippen molar-refractivity contribution in [3.05, 3.63) is 51.5 Å². The van der Waals surface area contributed by atoms with Crippen molar-refractivity contribution in [2.75, 3.05) is 16.8 Å². The highest BCUT2D eigenvalue weighted by atomic mass is 79.9. The quantitative estimate of drug-likeness (QED) is 0.716. The minimum absolute atomic E-state index is 0.152. The predicted molar refractivity (Wildman–Crippen MR) is 111 cm³/mol. The van der Waals surface area contributed by atoms with E-state index in [9.17, 15) is 9.59 Å². The minimum atomic E-state index is -1.00. The first-order valence-corrected chi connectivity index (χ1v) is 9.71. The predicted octanol–water partition coefficient (Wildman–Crippen LogP) is 4.94. The lowest BCUT2D eigenvalue weighted by Crippen LogP contribution is -2.53. The molecule has 1 aliphatic rings. The summed E-state index contributed by atoms with van der Waals surface area (Å²) in [6, 6.07) is 10.8. The number of carbonyl (C=O) groups is 2. The van der Waals surface area contributed by atoms with Crippen LogP contribution >= 0.6 is 27.5 Å². The third-order valence-corrected chi connectivity index (χ3v) is 5.44. The lowest BCUT2D eigenvalue weighted by molar-refractivity contribution is -0.132. The van der Waals surface area contributed by atoms with Crippen LogP contribution in [0.3, 0.4) is 0 Å². The Morgan fingerprint density at radius 2 is 2.00 bits per heavy atom. The van der Waals surface area contributed by atoms with Gasteiger partial charge in [0.1, 0.15) is 5.75 Å². The van der Waals surface area contributed by atoms with Crippen molar-refractivity contribution in [1.82, 2.24) is 0 Å². The summed E-state index contributed by atoms with van der Waals surface area (Å²) in [4.78, 5) is 26.7. The van der Waals surface area contributed by atoms with Gasteiger partial charge < -0.3 is 15.0 Å². The van der Waals surface area contributed by atoms with E-state index in [-0.39, 0.29) is 24.8 Å². The third kappa shape index (κ3) is 4.28. The highest BCUT2D eigenvalue weighted by molar-refractivity contribution is 9.10. The van der Waals surface area contributed by atoms with E-state index in [0.717, 1.165) is 10.0 Å². The molecule has 0 atom stereocenters. The number of benzene rings is 2. The second-order valence-corrected chi connectivity index (χ2v) is 8.23. The fourth-order valence-electron chi connectivity index (χ4n) is 2.87.